The Balaban J connectivity index is 1.73. The number of nitriles is 1. The average Bonchev–Trinajstić information content (AvgIpc) is 3.41. The molecule has 1 aliphatic carbocycles. The van der Waals surface area contributed by atoms with Crippen molar-refractivity contribution in [3.05, 3.63) is 70.3 Å². The second-order valence-electron chi connectivity index (χ2n) is 8.39. The molecule has 1 aliphatic rings. The number of anilines is 1. The number of hydrogen-bond donors (Lipinski definition) is 1. The third kappa shape index (κ3) is 5.61. The third-order valence-electron chi connectivity index (χ3n) is 5.88. The minimum Gasteiger partial charge on any atom is -0.312 e. The molecule has 0 fully saturated rings. The number of nitrogens with zero attached hydrogens (tertiary/aromatic N) is 2. The average molecular weight is 528 g/mol. The second kappa shape index (κ2) is 11.2. The number of amides is 1. The highest BCUT2D eigenvalue weighted by Crippen LogP contribution is 2.43. The zero-order valence-electron chi connectivity index (χ0n) is 19.6. The van der Waals surface area contributed by atoms with E-state index in [0.29, 0.717) is 10.2 Å². The second-order valence-corrected chi connectivity index (χ2v) is 10.3. The van der Waals surface area contributed by atoms with Gasteiger partial charge in [-0.05, 0) is 42.3 Å². The molecule has 0 saturated carbocycles. The van der Waals surface area contributed by atoms with Crippen molar-refractivity contribution < 1.29 is 18.0 Å². The summed E-state index contributed by atoms with van der Waals surface area (Å²) in [6, 6.07) is 6.16. The Bertz CT molecular complexity index is 1390. The van der Waals surface area contributed by atoms with Crippen LogP contribution in [0.25, 0.3) is 20.7 Å². The number of rotatable bonds is 8. The summed E-state index contributed by atoms with van der Waals surface area (Å²) in [4.78, 5) is 19.2. The van der Waals surface area contributed by atoms with Crippen LogP contribution in [0, 0.1) is 11.3 Å². The van der Waals surface area contributed by atoms with E-state index in [-0.39, 0.29) is 22.6 Å². The SMILES string of the molecule is CCCCCCc1cnc2sc(NC(=O)C3=CCC=CC(C(F)(F)F)=C3)c(C#N)c2c1-c1cccs1. The van der Waals surface area contributed by atoms with Gasteiger partial charge in [0, 0.05) is 27.6 Å². The summed E-state index contributed by atoms with van der Waals surface area (Å²) >= 11 is 2.73. The molecule has 3 aromatic rings. The van der Waals surface area contributed by atoms with Gasteiger partial charge >= 0.3 is 6.18 Å². The predicted octanol–water partition coefficient (Wildman–Crippen LogP) is 8.33. The van der Waals surface area contributed by atoms with Gasteiger partial charge in [-0.3, -0.25) is 4.79 Å². The quantitative estimate of drug-likeness (QED) is 0.300. The Morgan fingerprint density at radius 3 is 2.81 bits per heavy atom. The van der Waals surface area contributed by atoms with Gasteiger partial charge in [-0.2, -0.15) is 18.4 Å². The van der Waals surface area contributed by atoms with Crippen molar-refractivity contribution in [1.82, 2.24) is 4.98 Å². The van der Waals surface area contributed by atoms with Crippen LogP contribution in [-0.2, 0) is 11.2 Å². The van der Waals surface area contributed by atoms with Gasteiger partial charge in [-0.15, -0.1) is 11.3 Å². The maximum atomic E-state index is 13.3. The maximum absolute atomic E-state index is 13.3. The normalized spacial score (nSPS) is 13.8. The fourth-order valence-corrected chi connectivity index (χ4v) is 5.92. The summed E-state index contributed by atoms with van der Waals surface area (Å²) in [5.74, 6) is -0.694. The molecule has 0 atom stereocenters. The van der Waals surface area contributed by atoms with Crippen LogP contribution in [0.3, 0.4) is 0 Å². The number of alkyl halides is 3. The van der Waals surface area contributed by atoms with E-state index in [9.17, 15) is 23.2 Å². The molecule has 186 valence electrons. The number of allylic oxidation sites excluding steroid dienone is 4. The lowest BCUT2D eigenvalue weighted by Crippen LogP contribution is -2.15. The predicted molar refractivity (Wildman–Crippen MR) is 140 cm³/mol. The molecule has 0 aromatic carbocycles. The van der Waals surface area contributed by atoms with E-state index in [4.69, 9.17) is 0 Å². The number of nitrogens with one attached hydrogen (secondary N) is 1. The van der Waals surface area contributed by atoms with Gasteiger partial charge in [0.25, 0.3) is 5.91 Å². The Kier molecular flexibility index (Phi) is 8.07. The van der Waals surface area contributed by atoms with Crippen molar-refractivity contribution in [2.45, 2.75) is 51.6 Å². The number of aromatic nitrogens is 1. The number of hydrogen-bond acceptors (Lipinski definition) is 5. The Morgan fingerprint density at radius 1 is 1.28 bits per heavy atom. The lowest BCUT2D eigenvalue weighted by molar-refractivity contribution is -0.112. The molecule has 0 bridgehead atoms. The van der Waals surface area contributed by atoms with Crippen LogP contribution >= 0.6 is 22.7 Å². The molecule has 0 aliphatic heterocycles. The van der Waals surface area contributed by atoms with Crippen LogP contribution in [-0.4, -0.2) is 17.1 Å². The Labute approximate surface area is 215 Å². The number of fused-ring (bicyclic) bond motifs is 1. The van der Waals surface area contributed by atoms with Gasteiger partial charge < -0.3 is 5.32 Å². The number of aryl methyl sites for hydroxylation is 1. The summed E-state index contributed by atoms with van der Waals surface area (Å²) < 4.78 is 39.8. The molecular formula is C27H24F3N3OS2. The van der Waals surface area contributed by atoms with Crippen LogP contribution in [0.2, 0.25) is 0 Å². The lowest BCUT2D eigenvalue weighted by Gasteiger charge is -2.10. The van der Waals surface area contributed by atoms with Gasteiger partial charge in [0.1, 0.15) is 15.9 Å². The molecule has 1 N–H and O–H groups in total. The molecule has 4 nitrogen and oxygen atoms in total. The summed E-state index contributed by atoms with van der Waals surface area (Å²) in [7, 11) is 0. The minimum atomic E-state index is -4.57. The first-order chi connectivity index (χ1) is 17.3. The molecule has 4 rings (SSSR count). The third-order valence-corrected chi connectivity index (χ3v) is 7.78. The number of thiophene rings is 2. The molecule has 0 radical (unpaired) electrons. The van der Waals surface area contributed by atoms with E-state index >= 15 is 0 Å². The zero-order valence-corrected chi connectivity index (χ0v) is 21.2. The molecular weight excluding hydrogens is 503 g/mol. The van der Waals surface area contributed by atoms with Gasteiger partial charge in [-0.25, -0.2) is 4.98 Å². The van der Waals surface area contributed by atoms with E-state index in [1.165, 1.54) is 12.2 Å². The van der Waals surface area contributed by atoms with Gasteiger partial charge in [-0.1, -0.05) is 61.8 Å². The van der Waals surface area contributed by atoms with Crippen molar-refractivity contribution >= 4 is 43.8 Å². The molecule has 0 saturated heterocycles. The summed E-state index contributed by atoms with van der Waals surface area (Å²) in [6.07, 6.45) is 7.28. The van der Waals surface area contributed by atoms with Crippen LogP contribution in [0.5, 0.6) is 0 Å². The molecule has 36 heavy (non-hydrogen) atoms. The number of unbranched alkanes of at least 4 members (excludes halogenated alkanes) is 3. The Morgan fingerprint density at radius 2 is 2.11 bits per heavy atom. The first-order valence-corrected chi connectivity index (χ1v) is 13.4. The molecule has 0 unspecified atom stereocenters. The summed E-state index contributed by atoms with van der Waals surface area (Å²) in [5, 5.41) is 15.7. The highest BCUT2D eigenvalue weighted by Gasteiger charge is 2.33. The molecule has 3 heterocycles. The van der Waals surface area contributed by atoms with Gasteiger partial charge in [0.2, 0.25) is 0 Å². The minimum absolute atomic E-state index is 0.100. The number of carbonyl (C=O) groups is 1. The van der Waals surface area contributed by atoms with Gasteiger partial charge in [0.15, 0.2) is 0 Å². The van der Waals surface area contributed by atoms with Crippen LogP contribution in [0.4, 0.5) is 18.2 Å². The van der Waals surface area contributed by atoms with E-state index in [1.54, 1.807) is 11.3 Å². The van der Waals surface area contributed by atoms with Crippen LogP contribution in [0.1, 0.15) is 50.2 Å². The van der Waals surface area contributed by atoms with Crippen LogP contribution < -0.4 is 5.32 Å². The Hall–Kier alpha value is -3.22. The number of halogens is 3. The van der Waals surface area contributed by atoms with Crippen molar-refractivity contribution in [2.75, 3.05) is 5.32 Å². The van der Waals surface area contributed by atoms with Crippen molar-refractivity contribution in [2.24, 2.45) is 0 Å². The fourth-order valence-electron chi connectivity index (χ4n) is 4.11. The van der Waals surface area contributed by atoms with E-state index in [1.807, 2.05) is 23.7 Å². The summed E-state index contributed by atoms with van der Waals surface area (Å²) in [5.41, 5.74) is 1.27. The first-order valence-electron chi connectivity index (χ1n) is 11.7. The van der Waals surface area contributed by atoms with Crippen molar-refractivity contribution in [1.29, 1.82) is 5.26 Å². The van der Waals surface area contributed by atoms with Crippen molar-refractivity contribution in [3.8, 4) is 16.5 Å². The fraction of sp³-hybridized carbons (Fsp3) is 0.296. The maximum Gasteiger partial charge on any atom is 0.416 e. The number of pyridine rings is 1. The molecule has 9 heteroatoms. The highest BCUT2D eigenvalue weighted by atomic mass is 32.1. The monoisotopic (exact) mass is 527 g/mol. The largest absolute Gasteiger partial charge is 0.416 e. The lowest BCUT2D eigenvalue weighted by atomic mass is 9.98. The number of carbonyl (C=O) groups excluding carboxylic acids is 1. The molecule has 1 amide bonds. The van der Waals surface area contributed by atoms with Gasteiger partial charge in [0.05, 0.1) is 11.1 Å². The van der Waals surface area contributed by atoms with E-state index in [0.717, 1.165) is 71.6 Å². The topological polar surface area (TPSA) is 65.8 Å². The van der Waals surface area contributed by atoms with E-state index < -0.39 is 17.7 Å². The molecule has 0 spiro atoms. The van der Waals surface area contributed by atoms with Crippen LogP contribution in [0.15, 0.2) is 59.2 Å². The summed E-state index contributed by atoms with van der Waals surface area (Å²) in [6.45, 7) is 2.16. The standard InChI is InChI=1S/C27H24F3N3OS2/c1-2-3-4-5-10-18-16-32-26-23(22(18)21-12-8-13-35-21)20(15-31)25(36-26)33-24(34)17-9-6-7-11-19(14-17)27(28,29)30/h7-9,11-14,16H,2-6,10H2,1H3,(H,33,34). The molecule has 3 aromatic heterocycles. The first kappa shape index (κ1) is 25.9. The smallest absolute Gasteiger partial charge is 0.312 e. The van der Waals surface area contributed by atoms with Crippen molar-refractivity contribution in [3.63, 3.8) is 0 Å². The van der Waals surface area contributed by atoms with E-state index in [2.05, 4.69) is 23.3 Å². The zero-order chi connectivity index (χ0) is 25.7. The highest BCUT2D eigenvalue weighted by molar-refractivity contribution is 7.23.